The van der Waals surface area contributed by atoms with E-state index in [0.29, 0.717) is 5.92 Å². The fourth-order valence-electron chi connectivity index (χ4n) is 3.80. The second-order valence-electron chi connectivity index (χ2n) is 7.15. The van der Waals surface area contributed by atoms with Crippen molar-refractivity contribution in [2.45, 2.75) is 39.2 Å². The lowest BCUT2D eigenvalue weighted by Gasteiger charge is -2.32. The average molecular weight is 335 g/mol. The second-order valence-corrected chi connectivity index (χ2v) is 7.15. The van der Waals surface area contributed by atoms with E-state index in [2.05, 4.69) is 52.4 Å². The Morgan fingerprint density at radius 3 is 2.76 bits per heavy atom. The summed E-state index contributed by atoms with van der Waals surface area (Å²) >= 11 is 0. The zero-order valence-corrected chi connectivity index (χ0v) is 15.0. The number of rotatable bonds is 4. The number of nitrogens with one attached hydrogen (secondary N) is 1. The number of furan rings is 1. The predicted octanol–water partition coefficient (Wildman–Crippen LogP) is 4.67. The molecule has 4 heteroatoms. The molecular formula is C21H25N3O. The fourth-order valence-corrected chi connectivity index (χ4v) is 3.80. The Morgan fingerprint density at radius 2 is 2.00 bits per heavy atom. The lowest BCUT2D eigenvalue weighted by Crippen LogP contribution is -2.34. The van der Waals surface area contributed by atoms with E-state index in [4.69, 9.17) is 4.42 Å². The Labute approximate surface area is 148 Å². The Hall–Kier alpha value is -2.33. The highest BCUT2D eigenvalue weighted by Gasteiger charge is 2.25. The van der Waals surface area contributed by atoms with E-state index in [9.17, 15) is 0 Å². The summed E-state index contributed by atoms with van der Waals surface area (Å²) < 4.78 is 5.75. The summed E-state index contributed by atoms with van der Waals surface area (Å²) in [6.45, 7) is 7.18. The summed E-state index contributed by atoms with van der Waals surface area (Å²) in [5.74, 6) is 2.53. The van der Waals surface area contributed by atoms with Crippen molar-refractivity contribution in [3.05, 3.63) is 65.4 Å². The normalized spacial score (nSPS) is 18.6. The SMILES string of the molecule is Cc1ccc(-c2cn[nH]c2C2CCCN(Cc3ccc(C)o3)C2)cc1. The van der Waals surface area contributed by atoms with Crippen LogP contribution in [0.2, 0.25) is 0 Å². The van der Waals surface area contributed by atoms with E-state index < -0.39 is 0 Å². The maximum Gasteiger partial charge on any atom is 0.118 e. The number of likely N-dealkylation sites (tertiary alicyclic amines) is 1. The van der Waals surface area contributed by atoms with Crippen molar-refractivity contribution in [1.29, 1.82) is 0 Å². The van der Waals surface area contributed by atoms with Crippen molar-refractivity contribution in [1.82, 2.24) is 15.1 Å². The molecule has 3 heterocycles. The van der Waals surface area contributed by atoms with Crippen molar-refractivity contribution in [3.8, 4) is 11.1 Å². The van der Waals surface area contributed by atoms with Crippen LogP contribution in [0.5, 0.6) is 0 Å². The molecule has 25 heavy (non-hydrogen) atoms. The number of hydrogen-bond acceptors (Lipinski definition) is 3. The molecule has 130 valence electrons. The second kappa shape index (κ2) is 6.89. The molecule has 1 unspecified atom stereocenters. The zero-order valence-electron chi connectivity index (χ0n) is 15.0. The third kappa shape index (κ3) is 3.54. The molecule has 0 spiro atoms. The quantitative estimate of drug-likeness (QED) is 0.754. The highest BCUT2D eigenvalue weighted by molar-refractivity contribution is 5.66. The van der Waals surface area contributed by atoms with Crippen LogP contribution in [0.3, 0.4) is 0 Å². The van der Waals surface area contributed by atoms with Gasteiger partial charge >= 0.3 is 0 Å². The van der Waals surface area contributed by atoms with Gasteiger partial charge in [0.05, 0.1) is 12.7 Å². The van der Waals surface area contributed by atoms with Gasteiger partial charge in [-0.15, -0.1) is 0 Å². The summed E-state index contributed by atoms with van der Waals surface area (Å²) in [7, 11) is 0. The van der Waals surface area contributed by atoms with Crippen LogP contribution in [0.15, 0.2) is 47.0 Å². The monoisotopic (exact) mass is 335 g/mol. The van der Waals surface area contributed by atoms with Gasteiger partial charge in [0, 0.05) is 23.7 Å². The van der Waals surface area contributed by atoms with Gasteiger partial charge in [0.2, 0.25) is 0 Å². The number of piperidine rings is 1. The van der Waals surface area contributed by atoms with Crippen LogP contribution in [0, 0.1) is 13.8 Å². The number of aromatic nitrogens is 2. The first-order valence-corrected chi connectivity index (χ1v) is 9.07. The molecule has 1 aromatic carbocycles. The molecule has 3 aromatic rings. The first-order valence-electron chi connectivity index (χ1n) is 9.07. The lowest BCUT2D eigenvalue weighted by atomic mass is 9.90. The molecule has 0 radical (unpaired) electrons. The van der Waals surface area contributed by atoms with Gasteiger partial charge < -0.3 is 4.42 Å². The van der Waals surface area contributed by atoms with Gasteiger partial charge in [0.1, 0.15) is 11.5 Å². The highest BCUT2D eigenvalue weighted by atomic mass is 16.3. The molecule has 0 bridgehead atoms. The van der Waals surface area contributed by atoms with Gasteiger partial charge in [-0.3, -0.25) is 10.00 Å². The van der Waals surface area contributed by atoms with Crippen molar-refractivity contribution in [2.24, 2.45) is 0 Å². The molecule has 4 nitrogen and oxygen atoms in total. The molecule has 1 saturated heterocycles. The van der Waals surface area contributed by atoms with E-state index in [1.807, 2.05) is 19.2 Å². The number of hydrogen-bond donors (Lipinski definition) is 1. The molecular weight excluding hydrogens is 310 g/mol. The maximum atomic E-state index is 5.75. The minimum atomic E-state index is 0.489. The lowest BCUT2D eigenvalue weighted by molar-refractivity contribution is 0.184. The van der Waals surface area contributed by atoms with Gasteiger partial charge in [-0.2, -0.15) is 5.10 Å². The largest absolute Gasteiger partial charge is 0.465 e. The minimum absolute atomic E-state index is 0.489. The van der Waals surface area contributed by atoms with Crippen molar-refractivity contribution < 1.29 is 4.42 Å². The first-order chi connectivity index (χ1) is 12.2. The third-order valence-corrected chi connectivity index (χ3v) is 5.12. The van der Waals surface area contributed by atoms with E-state index in [1.54, 1.807) is 0 Å². The maximum absolute atomic E-state index is 5.75. The fraction of sp³-hybridized carbons (Fsp3) is 0.381. The van der Waals surface area contributed by atoms with E-state index >= 15 is 0 Å². The number of benzene rings is 1. The molecule has 4 rings (SSSR count). The van der Waals surface area contributed by atoms with E-state index in [1.165, 1.54) is 35.2 Å². The van der Waals surface area contributed by atoms with Crippen LogP contribution in [0.1, 0.15) is 41.5 Å². The molecule has 1 atom stereocenters. The Morgan fingerprint density at radius 1 is 1.16 bits per heavy atom. The van der Waals surface area contributed by atoms with Crippen LogP contribution < -0.4 is 0 Å². The van der Waals surface area contributed by atoms with Gasteiger partial charge in [0.15, 0.2) is 0 Å². The van der Waals surface area contributed by atoms with Crippen molar-refractivity contribution in [3.63, 3.8) is 0 Å². The van der Waals surface area contributed by atoms with Crippen LogP contribution in [-0.2, 0) is 6.54 Å². The number of aromatic amines is 1. The molecule has 0 aliphatic carbocycles. The summed E-state index contributed by atoms with van der Waals surface area (Å²) in [6, 6.07) is 12.8. The van der Waals surface area contributed by atoms with Crippen molar-refractivity contribution in [2.75, 3.05) is 13.1 Å². The van der Waals surface area contributed by atoms with Gasteiger partial charge in [0.25, 0.3) is 0 Å². The third-order valence-electron chi connectivity index (χ3n) is 5.12. The summed E-state index contributed by atoms with van der Waals surface area (Å²) in [6.07, 6.45) is 4.38. The number of H-pyrrole nitrogens is 1. The molecule has 1 aliphatic rings. The van der Waals surface area contributed by atoms with Crippen molar-refractivity contribution >= 4 is 0 Å². The number of aryl methyl sites for hydroxylation is 2. The smallest absolute Gasteiger partial charge is 0.118 e. The highest BCUT2D eigenvalue weighted by Crippen LogP contribution is 2.33. The molecule has 0 amide bonds. The Bertz CT molecular complexity index is 831. The summed E-state index contributed by atoms with van der Waals surface area (Å²) in [5, 5.41) is 7.62. The van der Waals surface area contributed by atoms with Gasteiger partial charge in [-0.25, -0.2) is 0 Å². The van der Waals surface area contributed by atoms with E-state index in [0.717, 1.165) is 31.2 Å². The van der Waals surface area contributed by atoms with Crippen LogP contribution >= 0.6 is 0 Å². The minimum Gasteiger partial charge on any atom is -0.465 e. The first kappa shape index (κ1) is 16.2. The molecule has 0 saturated carbocycles. The predicted molar refractivity (Wildman–Crippen MR) is 99.5 cm³/mol. The van der Waals surface area contributed by atoms with Gasteiger partial charge in [-0.05, 0) is 50.9 Å². The van der Waals surface area contributed by atoms with E-state index in [-0.39, 0.29) is 0 Å². The molecule has 2 aromatic heterocycles. The molecule has 1 N–H and O–H groups in total. The van der Waals surface area contributed by atoms with Gasteiger partial charge in [-0.1, -0.05) is 29.8 Å². The zero-order chi connectivity index (χ0) is 17.2. The average Bonchev–Trinajstić information content (AvgIpc) is 3.25. The van der Waals surface area contributed by atoms with Crippen LogP contribution in [0.25, 0.3) is 11.1 Å². The molecule has 1 aliphatic heterocycles. The van der Waals surface area contributed by atoms with Crippen LogP contribution in [0.4, 0.5) is 0 Å². The molecule has 1 fully saturated rings. The standard InChI is InChI=1S/C21H25N3O/c1-15-5-8-17(9-6-15)20-12-22-23-21(20)18-4-3-11-24(13-18)14-19-10-7-16(2)25-19/h5-10,12,18H,3-4,11,13-14H2,1-2H3,(H,22,23). The topological polar surface area (TPSA) is 45.1 Å². The summed E-state index contributed by atoms with van der Waals surface area (Å²) in [4.78, 5) is 2.49. The Balaban J connectivity index is 1.52. The number of nitrogens with zero attached hydrogens (tertiary/aromatic N) is 2. The van der Waals surface area contributed by atoms with Crippen LogP contribution in [-0.4, -0.2) is 28.2 Å². The summed E-state index contributed by atoms with van der Waals surface area (Å²) in [5.41, 5.74) is 5.03. The Kier molecular flexibility index (Phi) is 4.45.